The summed E-state index contributed by atoms with van der Waals surface area (Å²) in [5.74, 6) is -3.53. The van der Waals surface area contributed by atoms with Gasteiger partial charge >= 0.3 is 5.97 Å². The van der Waals surface area contributed by atoms with Gasteiger partial charge in [0, 0.05) is 19.6 Å². The SMILES string of the molecule is NC(=O)CC(N)C(=O)N1CCCC1C(=O)N1CCCC1C(=O)NC(CCCN=C(N)N)C(=O)O. The Hall–Kier alpha value is -3.42. The van der Waals surface area contributed by atoms with Crippen LogP contribution in [0.3, 0.4) is 0 Å². The molecule has 0 aromatic heterocycles. The van der Waals surface area contributed by atoms with Crippen LogP contribution in [0, 0.1) is 0 Å². The van der Waals surface area contributed by atoms with E-state index >= 15 is 0 Å². The number of rotatable bonds is 11. The zero-order chi connectivity index (χ0) is 25.4. The molecule has 4 unspecified atom stereocenters. The Bertz CT molecular complexity index is 830. The lowest BCUT2D eigenvalue weighted by Crippen LogP contribution is -2.56. The molecule has 4 amide bonds. The molecule has 190 valence electrons. The zero-order valence-corrected chi connectivity index (χ0v) is 19.0. The highest BCUT2D eigenvalue weighted by Crippen LogP contribution is 2.25. The second-order valence-electron chi connectivity index (χ2n) is 8.50. The van der Waals surface area contributed by atoms with E-state index in [9.17, 15) is 29.1 Å². The van der Waals surface area contributed by atoms with Gasteiger partial charge in [0.1, 0.15) is 18.1 Å². The number of carbonyl (C=O) groups excluding carboxylic acids is 4. The van der Waals surface area contributed by atoms with Crippen LogP contribution in [-0.2, 0) is 24.0 Å². The Morgan fingerprint density at radius 1 is 1.00 bits per heavy atom. The molecule has 0 bridgehead atoms. The third-order valence-electron chi connectivity index (χ3n) is 5.96. The number of carboxylic acid groups (broad SMARTS) is 1. The predicted octanol–water partition coefficient (Wildman–Crippen LogP) is -3.21. The Morgan fingerprint density at radius 2 is 1.62 bits per heavy atom. The van der Waals surface area contributed by atoms with Gasteiger partial charge < -0.3 is 43.2 Å². The summed E-state index contributed by atoms with van der Waals surface area (Å²) in [7, 11) is 0. The van der Waals surface area contributed by atoms with Crippen LogP contribution in [0.2, 0.25) is 0 Å². The van der Waals surface area contributed by atoms with Gasteiger partial charge in [0.05, 0.1) is 12.5 Å². The van der Waals surface area contributed by atoms with E-state index in [0.29, 0.717) is 45.2 Å². The number of carbonyl (C=O) groups is 5. The number of hydrogen-bond acceptors (Lipinski definition) is 7. The van der Waals surface area contributed by atoms with Crippen LogP contribution in [0.25, 0.3) is 0 Å². The molecule has 0 aromatic carbocycles. The molecular weight excluding hydrogens is 448 g/mol. The number of nitrogens with one attached hydrogen (secondary N) is 1. The number of nitrogens with zero attached hydrogens (tertiary/aromatic N) is 3. The third-order valence-corrected chi connectivity index (χ3v) is 5.96. The van der Waals surface area contributed by atoms with Gasteiger partial charge in [-0.1, -0.05) is 0 Å². The van der Waals surface area contributed by atoms with Gasteiger partial charge in [-0.3, -0.25) is 24.2 Å². The number of carboxylic acids is 1. The molecular formula is C20H34N8O6. The van der Waals surface area contributed by atoms with Crippen molar-refractivity contribution >= 4 is 35.6 Å². The van der Waals surface area contributed by atoms with Gasteiger partial charge in [0.2, 0.25) is 23.6 Å². The first-order chi connectivity index (χ1) is 16.0. The number of hydrogen-bond donors (Lipinski definition) is 6. The van der Waals surface area contributed by atoms with Crippen LogP contribution in [-0.4, -0.2) is 94.3 Å². The lowest BCUT2D eigenvalue weighted by Gasteiger charge is -2.32. The van der Waals surface area contributed by atoms with Crippen molar-refractivity contribution < 1.29 is 29.1 Å². The maximum Gasteiger partial charge on any atom is 0.326 e. The Morgan fingerprint density at radius 3 is 2.21 bits per heavy atom. The van der Waals surface area contributed by atoms with E-state index in [-0.39, 0.29) is 25.3 Å². The first-order valence-corrected chi connectivity index (χ1v) is 11.3. The van der Waals surface area contributed by atoms with Gasteiger partial charge in [-0.05, 0) is 38.5 Å². The van der Waals surface area contributed by atoms with Gasteiger partial charge in [0.15, 0.2) is 5.96 Å². The Labute approximate surface area is 197 Å². The van der Waals surface area contributed by atoms with Crippen molar-refractivity contribution in [2.45, 2.75) is 69.1 Å². The molecule has 14 nitrogen and oxygen atoms in total. The molecule has 2 heterocycles. The minimum atomic E-state index is -1.20. The van der Waals surface area contributed by atoms with Crippen LogP contribution < -0.4 is 28.3 Å². The maximum absolute atomic E-state index is 13.3. The zero-order valence-electron chi connectivity index (χ0n) is 19.0. The Balaban J connectivity index is 2.03. The average Bonchev–Trinajstić information content (AvgIpc) is 3.43. The van der Waals surface area contributed by atoms with Crippen molar-refractivity contribution in [1.29, 1.82) is 0 Å². The first kappa shape index (κ1) is 26.8. The molecule has 0 radical (unpaired) electrons. The average molecular weight is 483 g/mol. The number of aliphatic carboxylic acids is 1. The molecule has 14 heteroatoms. The summed E-state index contributed by atoms with van der Waals surface area (Å²) >= 11 is 0. The van der Waals surface area contributed by atoms with E-state index < -0.39 is 53.8 Å². The molecule has 4 atom stereocenters. The van der Waals surface area contributed by atoms with E-state index in [4.69, 9.17) is 22.9 Å². The molecule has 2 saturated heterocycles. The fraction of sp³-hybridized carbons (Fsp3) is 0.700. The van der Waals surface area contributed by atoms with E-state index in [2.05, 4.69) is 10.3 Å². The number of guanidine groups is 1. The van der Waals surface area contributed by atoms with Crippen molar-refractivity contribution in [2.75, 3.05) is 19.6 Å². The fourth-order valence-electron chi connectivity index (χ4n) is 4.33. The summed E-state index contributed by atoms with van der Waals surface area (Å²) in [5, 5.41) is 12.0. The van der Waals surface area contributed by atoms with Crippen LogP contribution in [0.4, 0.5) is 0 Å². The van der Waals surface area contributed by atoms with Gasteiger partial charge in [-0.25, -0.2) is 4.79 Å². The molecule has 10 N–H and O–H groups in total. The number of likely N-dealkylation sites (tertiary alicyclic amines) is 2. The van der Waals surface area contributed by atoms with Crippen LogP contribution >= 0.6 is 0 Å². The van der Waals surface area contributed by atoms with Crippen LogP contribution in [0.1, 0.15) is 44.9 Å². The van der Waals surface area contributed by atoms with Gasteiger partial charge in [0.25, 0.3) is 0 Å². The van der Waals surface area contributed by atoms with Crippen molar-refractivity contribution in [3.8, 4) is 0 Å². The van der Waals surface area contributed by atoms with Crippen molar-refractivity contribution in [3.63, 3.8) is 0 Å². The van der Waals surface area contributed by atoms with Crippen LogP contribution in [0.15, 0.2) is 4.99 Å². The summed E-state index contributed by atoms with van der Waals surface area (Å²) in [6, 6.07) is -3.94. The fourth-order valence-corrected chi connectivity index (χ4v) is 4.33. The Kier molecular flexibility index (Phi) is 9.59. The molecule has 2 fully saturated rings. The maximum atomic E-state index is 13.3. The van der Waals surface area contributed by atoms with Gasteiger partial charge in [-0.2, -0.15) is 0 Å². The second kappa shape index (κ2) is 12.2. The molecule has 2 aliphatic heterocycles. The molecule has 2 rings (SSSR count). The third kappa shape index (κ3) is 7.04. The summed E-state index contributed by atoms with van der Waals surface area (Å²) in [5.41, 5.74) is 21.4. The predicted molar refractivity (Wildman–Crippen MR) is 121 cm³/mol. The summed E-state index contributed by atoms with van der Waals surface area (Å²) in [6.07, 6.45) is 2.04. The summed E-state index contributed by atoms with van der Waals surface area (Å²) < 4.78 is 0. The van der Waals surface area contributed by atoms with Crippen molar-refractivity contribution in [2.24, 2.45) is 27.9 Å². The quantitative estimate of drug-likeness (QED) is 0.0984. The second-order valence-corrected chi connectivity index (χ2v) is 8.50. The lowest BCUT2D eigenvalue weighted by molar-refractivity contribution is -0.148. The van der Waals surface area contributed by atoms with E-state index in [1.807, 2.05) is 0 Å². The molecule has 0 saturated carbocycles. The topological polar surface area (TPSA) is 241 Å². The van der Waals surface area contributed by atoms with Crippen molar-refractivity contribution in [3.05, 3.63) is 0 Å². The summed E-state index contributed by atoms with van der Waals surface area (Å²) in [4.78, 5) is 68.1. The van der Waals surface area contributed by atoms with Crippen molar-refractivity contribution in [1.82, 2.24) is 15.1 Å². The molecule has 0 aromatic rings. The number of aliphatic imine (C=N–C) groups is 1. The monoisotopic (exact) mass is 482 g/mol. The minimum Gasteiger partial charge on any atom is -0.480 e. The van der Waals surface area contributed by atoms with E-state index in [0.717, 1.165) is 0 Å². The standard InChI is InChI=1S/C20H34N8O6/c21-11(10-15(22)29)17(31)28-9-3-6-14(28)18(32)27-8-2-5-13(27)16(30)26-12(19(33)34)4-1-7-25-20(23)24/h11-14H,1-10,21H2,(H2,22,29)(H,26,30)(H,33,34)(H4,23,24,25). The smallest absolute Gasteiger partial charge is 0.326 e. The highest BCUT2D eigenvalue weighted by Gasteiger charge is 2.43. The highest BCUT2D eigenvalue weighted by molar-refractivity contribution is 5.95. The lowest BCUT2D eigenvalue weighted by atomic mass is 10.1. The number of amides is 4. The largest absolute Gasteiger partial charge is 0.480 e. The first-order valence-electron chi connectivity index (χ1n) is 11.3. The molecule has 0 spiro atoms. The number of nitrogens with two attached hydrogens (primary N) is 4. The molecule has 34 heavy (non-hydrogen) atoms. The molecule has 0 aliphatic carbocycles. The summed E-state index contributed by atoms with van der Waals surface area (Å²) in [6.45, 7) is 0.841. The van der Waals surface area contributed by atoms with Crippen LogP contribution in [0.5, 0.6) is 0 Å². The highest BCUT2D eigenvalue weighted by atomic mass is 16.4. The normalized spacial score (nSPS) is 21.6. The molecule has 2 aliphatic rings. The number of primary amides is 1. The van der Waals surface area contributed by atoms with E-state index in [1.165, 1.54) is 9.80 Å². The van der Waals surface area contributed by atoms with Gasteiger partial charge in [-0.15, -0.1) is 0 Å². The van der Waals surface area contributed by atoms with E-state index in [1.54, 1.807) is 0 Å². The minimum absolute atomic E-state index is 0.106.